The summed E-state index contributed by atoms with van der Waals surface area (Å²) in [6, 6.07) is 39.2. The SMILES string of the molecule is Brc1ccc(-n2c3ccccc3c3cc4c(cc32)c2ccccc2n4-c2ccc(Br)cc2)cc1. The van der Waals surface area contributed by atoms with Crippen LogP contribution in [-0.2, 0) is 0 Å². The van der Waals surface area contributed by atoms with Crippen LogP contribution in [0.3, 0.4) is 0 Å². The summed E-state index contributed by atoms with van der Waals surface area (Å²) in [7, 11) is 0. The first-order chi connectivity index (χ1) is 16.7. The number of aromatic nitrogens is 2. The minimum atomic E-state index is 1.08. The Morgan fingerprint density at radius 1 is 0.382 bits per heavy atom. The van der Waals surface area contributed by atoms with E-state index in [0.29, 0.717) is 0 Å². The van der Waals surface area contributed by atoms with E-state index in [4.69, 9.17) is 0 Å². The van der Waals surface area contributed by atoms with Gasteiger partial charge in [-0.1, -0.05) is 68.3 Å². The van der Waals surface area contributed by atoms with E-state index >= 15 is 0 Å². The fourth-order valence-corrected chi connectivity index (χ4v) is 5.70. The second-order valence-electron chi connectivity index (χ2n) is 8.54. The van der Waals surface area contributed by atoms with Gasteiger partial charge in [0.2, 0.25) is 0 Å². The fourth-order valence-electron chi connectivity index (χ4n) is 5.17. The van der Waals surface area contributed by atoms with E-state index in [2.05, 4.69) is 150 Å². The molecular weight excluding hydrogens is 548 g/mol. The fraction of sp³-hybridized carbons (Fsp3) is 0. The molecule has 0 unspecified atom stereocenters. The first-order valence-electron chi connectivity index (χ1n) is 11.2. The maximum Gasteiger partial charge on any atom is 0.0548 e. The zero-order chi connectivity index (χ0) is 22.8. The van der Waals surface area contributed by atoms with Gasteiger partial charge in [0, 0.05) is 41.9 Å². The van der Waals surface area contributed by atoms with Gasteiger partial charge in [0.05, 0.1) is 22.1 Å². The van der Waals surface area contributed by atoms with Gasteiger partial charge in [-0.15, -0.1) is 0 Å². The summed E-state index contributed by atoms with van der Waals surface area (Å²) >= 11 is 7.16. The average Bonchev–Trinajstić information content (AvgIpc) is 3.36. The number of hydrogen-bond donors (Lipinski definition) is 0. The highest BCUT2D eigenvalue weighted by Gasteiger charge is 2.18. The predicted molar refractivity (Wildman–Crippen MR) is 151 cm³/mol. The Hall–Kier alpha value is -3.34. The van der Waals surface area contributed by atoms with Crippen molar-refractivity contribution in [1.82, 2.24) is 9.13 Å². The van der Waals surface area contributed by atoms with Gasteiger partial charge in [-0.3, -0.25) is 0 Å². The number of para-hydroxylation sites is 2. The van der Waals surface area contributed by atoms with Gasteiger partial charge >= 0.3 is 0 Å². The quantitative estimate of drug-likeness (QED) is 0.197. The van der Waals surface area contributed by atoms with E-state index in [1.807, 2.05) is 0 Å². The lowest BCUT2D eigenvalue weighted by Gasteiger charge is -2.09. The summed E-state index contributed by atoms with van der Waals surface area (Å²) in [5, 5.41) is 5.03. The lowest BCUT2D eigenvalue weighted by atomic mass is 10.1. The Bertz CT molecular complexity index is 1720. The second-order valence-corrected chi connectivity index (χ2v) is 10.4. The van der Waals surface area contributed by atoms with Crippen LogP contribution >= 0.6 is 31.9 Å². The largest absolute Gasteiger partial charge is 0.309 e. The van der Waals surface area contributed by atoms with Crippen LogP contribution in [0.5, 0.6) is 0 Å². The number of rotatable bonds is 2. The zero-order valence-corrected chi connectivity index (χ0v) is 21.2. The van der Waals surface area contributed by atoms with Crippen LogP contribution in [0.25, 0.3) is 55.0 Å². The van der Waals surface area contributed by atoms with Crippen molar-refractivity contribution in [2.75, 3.05) is 0 Å². The van der Waals surface area contributed by atoms with Gasteiger partial charge in [-0.25, -0.2) is 0 Å². The van der Waals surface area contributed by atoms with Crippen LogP contribution in [0, 0.1) is 0 Å². The summed E-state index contributed by atoms with van der Waals surface area (Å²) < 4.78 is 6.92. The molecule has 2 aromatic heterocycles. The Kier molecular flexibility index (Phi) is 4.48. The van der Waals surface area contributed by atoms with Gasteiger partial charge in [0.15, 0.2) is 0 Å². The van der Waals surface area contributed by atoms with Gasteiger partial charge in [0.25, 0.3) is 0 Å². The van der Waals surface area contributed by atoms with Crippen molar-refractivity contribution in [3.8, 4) is 11.4 Å². The molecule has 2 nitrogen and oxygen atoms in total. The van der Waals surface area contributed by atoms with Crippen molar-refractivity contribution < 1.29 is 0 Å². The average molecular weight is 566 g/mol. The number of nitrogens with zero attached hydrogens (tertiary/aromatic N) is 2. The van der Waals surface area contributed by atoms with Crippen molar-refractivity contribution in [3.05, 3.63) is 118 Å². The summed E-state index contributed by atoms with van der Waals surface area (Å²) in [4.78, 5) is 0. The normalized spacial score (nSPS) is 11.8. The van der Waals surface area contributed by atoms with Crippen LogP contribution in [0.1, 0.15) is 0 Å². The predicted octanol–water partition coefficient (Wildman–Crippen LogP) is 9.41. The molecule has 0 radical (unpaired) electrons. The molecule has 0 aliphatic carbocycles. The van der Waals surface area contributed by atoms with E-state index in [0.717, 1.165) is 20.3 Å². The molecule has 0 amide bonds. The molecule has 0 saturated heterocycles. The molecule has 0 fully saturated rings. The molecule has 0 aliphatic heterocycles. The van der Waals surface area contributed by atoms with E-state index < -0.39 is 0 Å². The van der Waals surface area contributed by atoms with Gasteiger partial charge in [0.1, 0.15) is 0 Å². The molecular formula is C30H18Br2N2. The van der Waals surface area contributed by atoms with Crippen molar-refractivity contribution in [1.29, 1.82) is 0 Å². The van der Waals surface area contributed by atoms with Crippen molar-refractivity contribution in [2.24, 2.45) is 0 Å². The second kappa shape index (κ2) is 7.59. The first kappa shape index (κ1) is 20.1. The molecule has 0 bridgehead atoms. The molecule has 0 N–H and O–H groups in total. The summed E-state index contributed by atoms with van der Waals surface area (Å²) in [5.74, 6) is 0. The Morgan fingerprint density at radius 2 is 0.765 bits per heavy atom. The third-order valence-corrected chi connectivity index (χ3v) is 7.69. The van der Waals surface area contributed by atoms with Crippen LogP contribution in [-0.4, -0.2) is 9.13 Å². The Morgan fingerprint density at radius 3 is 1.18 bits per heavy atom. The zero-order valence-electron chi connectivity index (χ0n) is 18.0. The smallest absolute Gasteiger partial charge is 0.0548 e. The molecule has 34 heavy (non-hydrogen) atoms. The van der Waals surface area contributed by atoms with E-state index in [9.17, 15) is 0 Å². The summed E-state index contributed by atoms with van der Waals surface area (Å²) in [6.45, 7) is 0. The first-order valence-corrected chi connectivity index (χ1v) is 12.8. The molecule has 0 saturated carbocycles. The molecule has 0 atom stereocenters. The standard InChI is InChI=1S/C30H18Br2N2/c31-19-9-13-21(14-10-19)33-27-7-3-1-5-23(27)25-17-30-26(18-29(25)33)24-6-2-4-8-28(24)34(30)22-15-11-20(32)12-16-22/h1-18H. The topological polar surface area (TPSA) is 9.86 Å². The van der Waals surface area contributed by atoms with Crippen molar-refractivity contribution in [2.45, 2.75) is 0 Å². The number of halogens is 2. The van der Waals surface area contributed by atoms with Gasteiger partial charge < -0.3 is 9.13 Å². The van der Waals surface area contributed by atoms with Crippen LogP contribution in [0.2, 0.25) is 0 Å². The lowest BCUT2D eigenvalue weighted by molar-refractivity contribution is 1.17. The maximum atomic E-state index is 3.58. The molecule has 5 aromatic carbocycles. The van der Waals surface area contributed by atoms with E-state index in [1.54, 1.807) is 0 Å². The minimum absolute atomic E-state index is 1.08. The third kappa shape index (κ3) is 2.92. The van der Waals surface area contributed by atoms with E-state index in [-0.39, 0.29) is 0 Å². The van der Waals surface area contributed by atoms with Crippen molar-refractivity contribution >= 4 is 75.5 Å². The Labute approximate surface area is 213 Å². The molecule has 0 aliphatic rings. The lowest BCUT2D eigenvalue weighted by Crippen LogP contribution is -1.94. The number of fused-ring (bicyclic) bond motifs is 6. The Balaban J connectivity index is 1.66. The molecule has 7 aromatic rings. The molecule has 0 spiro atoms. The van der Waals surface area contributed by atoms with Crippen LogP contribution in [0.4, 0.5) is 0 Å². The van der Waals surface area contributed by atoms with E-state index in [1.165, 1.54) is 43.6 Å². The van der Waals surface area contributed by atoms with Crippen LogP contribution < -0.4 is 0 Å². The number of benzene rings is 5. The highest BCUT2D eigenvalue weighted by Crippen LogP contribution is 2.39. The molecule has 7 rings (SSSR count). The summed E-state index contributed by atoms with van der Waals surface area (Å²) in [5.41, 5.74) is 7.18. The molecule has 2 heterocycles. The third-order valence-electron chi connectivity index (χ3n) is 6.64. The maximum absolute atomic E-state index is 3.58. The highest BCUT2D eigenvalue weighted by atomic mass is 79.9. The van der Waals surface area contributed by atoms with Crippen LogP contribution in [0.15, 0.2) is 118 Å². The van der Waals surface area contributed by atoms with Gasteiger partial charge in [-0.2, -0.15) is 0 Å². The minimum Gasteiger partial charge on any atom is -0.309 e. The monoisotopic (exact) mass is 564 g/mol. The van der Waals surface area contributed by atoms with Gasteiger partial charge in [-0.05, 0) is 72.8 Å². The highest BCUT2D eigenvalue weighted by molar-refractivity contribution is 9.10. The summed E-state index contributed by atoms with van der Waals surface area (Å²) in [6.07, 6.45) is 0. The molecule has 4 heteroatoms. The molecule has 162 valence electrons. The number of hydrogen-bond acceptors (Lipinski definition) is 0. The van der Waals surface area contributed by atoms with Crippen molar-refractivity contribution in [3.63, 3.8) is 0 Å².